The van der Waals surface area contributed by atoms with E-state index in [2.05, 4.69) is 54.7 Å². The number of hydrogen-bond acceptors (Lipinski definition) is 4. The predicted octanol–water partition coefficient (Wildman–Crippen LogP) is 3.49. The van der Waals surface area contributed by atoms with Crippen LogP contribution in [0.2, 0.25) is 0 Å². The third-order valence-corrected chi connectivity index (χ3v) is 4.90. The average molecular weight is 339 g/mol. The van der Waals surface area contributed by atoms with Gasteiger partial charge in [0.05, 0.1) is 25.9 Å². The van der Waals surface area contributed by atoms with E-state index in [0.717, 1.165) is 44.0 Å². The molecule has 0 aliphatic carbocycles. The van der Waals surface area contributed by atoms with E-state index in [1.807, 2.05) is 0 Å². The maximum Gasteiger partial charge on any atom is 0.124 e. The molecule has 132 valence electrons. The minimum Gasteiger partial charge on any atom is -0.488 e. The standard InChI is InChI=1S/C21H25NO3/c1-15-12-18(6-7-20(15)25-19-8-10-23-14-19)16-2-4-17(5-3-16)21-13-22-9-11-24-21/h2-7,12,19,21-22H,8-11,13-14H2,1H3. The molecule has 2 aromatic rings. The van der Waals surface area contributed by atoms with Gasteiger partial charge < -0.3 is 19.5 Å². The first kappa shape index (κ1) is 16.6. The zero-order valence-corrected chi connectivity index (χ0v) is 14.7. The van der Waals surface area contributed by atoms with Crippen molar-refractivity contribution >= 4 is 0 Å². The Hall–Kier alpha value is -1.88. The minimum absolute atomic E-state index is 0.161. The van der Waals surface area contributed by atoms with Crippen molar-refractivity contribution in [2.24, 2.45) is 0 Å². The lowest BCUT2D eigenvalue weighted by atomic mass is 10.00. The fraction of sp³-hybridized carbons (Fsp3) is 0.429. The maximum atomic E-state index is 6.05. The van der Waals surface area contributed by atoms with Crippen molar-refractivity contribution in [3.8, 4) is 16.9 Å². The highest BCUT2D eigenvalue weighted by atomic mass is 16.5. The van der Waals surface area contributed by atoms with E-state index in [9.17, 15) is 0 Å². The van der Waals surface area contributed by atoms with Gasteiger partial charge in [0.25, 0.3) is 0 Å². The van der Waals surface area contributed by atoms with Crippen LogP contribution in [0.1, 0.15) is 23.7 Å². The Balaban J connectivity index is 1.48. The number of rotatable bonds is 4. The molecule has 2 aromatic carbocycles. The van der Waals surface area contributed by atoms with Gasteiger partial charge in [-0.3, -0.25) is 0 Å². The van der Waals surface area contributed by atoms with Crippen LogP contribution >= 0.6 is 0 Å². The highest BCUT2D eigenvalue weighted by Gasteiger charge is 2.18. The van der Waals surface area contributed by atoms with Crippen LogP contribution in [0.5, 0.6) is 5.75 Å². The van der Waals surface area contributed by atoms with Crippen LogP contribution in [0.25, 0.3) is 11.1 Å². The van der Waals surface area contributed by atoms with E-state index in [0.29, 0.717) is 6.61 Å². The first-order valence-corrected chi connectivity index (χ1v) is 9.07. The van der Waals surface area contributed by atoms with E-state index in [-0.39, 0.29) is 12.2 Å². The second-order valence-electron chi connectivity index (χ2n) is 6.77. The summed E-state index contributed by atoms with van der Waals surface area (Å²) in [4.78, 5) is 0. The first-order valence-electron chi connectivity index (χ1n) is 9.07. The van der Waals surface area contributed by atoms with Crippen molar-refractivity contribution in [3.63, 3.8) is 0 Å². The van der Waals surface area contributed by atoms with Gasteiger partial charge >= 0.3 is 0 Å². The molecule has 25 heavy (non-hydrogen) atoms. The van der Waals surface area contributed by atoms with Crippen molar-refractivity contribution in [2.45, 2.75) is 25.6 Å². The van der Waals surface area contributed by atoms with Crippen molar-refractivity contribution in [2.75, 3.05) is 32.9 Å². The third kappa shape index (κ3) is 3.87. The summed E-state index contributed by atoms with van der Waals surface area (Å²) in [5, 5.41) is 3.37. The largest absolute Gasteiger partial charge is 0.488 e. The van der Waals surface area contributed by atoms with Crippen molar-refractivity contribution in [1.82, 2.24) is 5.32 Å². The lowest BCUT2D eigenvalue weighted by Crippen LogP contribution is -2.33. The molecule has 2 fully saturated rings. The highest BCUT2D eigenvalue weighted by molar-refractivity contribution is 5.66. The van der Waals surface area contributed by atoms with E-state index < -0.39 is 0 Å². The Morgan fingerprint density at radius 2 is 1.88 bits per heavy atom. The highest BCUT2D eigenvalue weighted by Crippen LogP contribution is 2.29. The Labute approximate surface area is 149 Å². The summed E-state index contributed by atoms with van der Waals surface area (Å²) in [5.74, 6) is 0.956. The Morgan fingerprint density at radius 1 is 1.04 bits per heavy atom. The normalized spacial score (nSPS) is 23.6. The smallest absolute Gasteiger partial charge is 0.124 e. The molecule has 0 radical (unpaired) electrons. The molecule has 4 nitrogen and oxygen atoms in total. The second kappa shape index (κ2) is 7.56. The quantitative estimate of drug-likeness (QED) is 0.926. The average Bonchev–Trinajstić information content (AvgIpc) is 3.17. The monoisotopic (exact) mass is 339 g/mol. The van der Waals surface area contributed by atoms with Gasteiger partial charge in [-0.05, 0) is 41.3 Å². The molecule has 0 spiro atoms. The van der Waals surface area contributed by atoms with Crippen LogP contribution < -0.4 is 10.1 Å². The second-order valence-corrected chi connectivity index (χ2v) is 6.77. The van der Waals surface area contributed by atoms with Gasteiger partial charge in [-0.15, -0.1) is 0 Å². The third-order valence-electron chi connectivity index (χ3n) is 4.90. The summed E-state index contributed by atoms with van der Waals surface area (Å²) in [7, 11) is 0. The molecule has 2 aliphatic heterocycles. The number of morpholine rings is 1. The molecular formula is C21H25NO3. The molecule has 0 bridgehead atoms. The van der Waals surface area contributed by atoms with E-state index in [4.69, 9.17) is 14.2 Å². The van der Waals surface area contributed by atoms with Crippen LogP contribution in [0.4, 0.5) is 0 Å². The van der Waals surface area contributed by atoms with Gasteiger partial charge in [-0.2, -0.15) is 0 Å². The maximum absolute atomic E-state index is 6.05. The summed E-state index contributed by atoms with van der Waals surface area (Å²) in [6.45, 7) is 6.20. The van der Waals surface area contributed by atoms with Crippen LogP contribution in [0.15, 0.2) is 42.5 Å². The summed E-state index contributed by atoms with van der Waals surface area (Å²) >= 11 is 0. The minimum atomic E-state index is 0.161. The fourth-order valence-corrected chi connectivity index (χ4v) is 3.42. The van der Waals surface area contributed by atoms with Crippen LogP contribution in [-0.2, 0) is 9.47 Å². The lowest BCUT2D eigenvalue weighted by Gasteiger charge is -2.24. The number of ether oxygens (including phenoxy) is 3. The SMILES string of the molecule is Cc1cc(-c2ccc(C3CNCCO3)cc2)ccc1OC1CCOC1. The van der Waals surface area contributed by atoms with Crippen molar-refractivity contribution < 1.29 is 14.2 Å². The molecule has 0 saturated carbocycles. The zero-order chi connectivity index (χ0) is 17.1. The van der Waals surface area contributed by atoms with E-state index >= 15 is 0 Å². The van der Waals surface area contributed by atoms with Gasteiger partial charge in [-0.25, -0.2) is 0 Å². The topological polar surface area (TPSA) is 39.7 Å². The Kier molecular flexibility index (Phi) is 5.02. The molecule has 1 N–H and O–H groups in total. The first-order chi connectivity index (χ1) is 12.3. The molecule has 4 rings (SSSR count). The van der Waals surface area contributed by atoms with Crippen molar-refractivity contribution in [3.05, 3.63) is 53.6 Å². The number of hydrogen-bond donors (Lipinski definition) is 1. The summed E-state index contributed by atoms with van der Waals surface area (Å²) in [5.41, 5.74) is 4.82. The molecule has 2 unspecified atom stereocenters. The van der Waals surface area contributed by atoms with Crippen LogP contribution in [0, 0.1) is 6.92 Å². The summed E-state index contributed by atoms with van der Waals surface area (Å²) in [6.07, 6.45) is 1.32. The summed E-state index contributed by atoms with van der Waals surface area (Å²) < 4.78 is 17.2. The molecular weight excluding hydrogens is 314 g/mol. The molecule has 2 saturated heterocycles. The van der Waals surface area contributed by atoms with Gasteiger partial charge in [0.2, 0.25) is 0 Å². The number of nitrogens with one attached hydrogen (secondary N) is 1. The lowest BCUT2D eigenvalue weighted by molar-refractivity contribution is 0.0277. The van der Waals surface area contributed by atoms with Crippen LogP contribution in [0.3, 0.4) is 0 Å². The molecule has 2 atom stereocenters. The molecule has 2 heterocycles. The number of benzene rings is 2. The predicted molar refractivity (Wildman–Crippen MR) is 98.0 cm³/mol. The fourth-order valence-electron chi connectivity index (χ4n) is 3.42. The van der Waals surface area contributed by atoms with Crippen LogP contribution in [-0.4, -0.2) is 39.0 Å². The van der Waals surface area contributed by atoms with Gasteiger partial charge in [0.1, 0.15) is 11.9 Å². The Bertz CT molecular complexity index is 702. The Morgan fingerprint density at radius 3 is 2.56 bits per heavy atom. The molecule has 4 heteroatoms. The molecule has 0 aromatic heterocycles. The van der Waals surface area contributed by atoms with Gasteiger partial charge in [0, 0.05) is 19.5 Å². The van der Waals surface area contributed by atoms with Gasteiger partial charge in [0.15, 0.2) is 0 Å². The van der Waals surface area contributed by atoms with Crippen molar-refractivity contribution in [1.29, 1.82) is 0 Å². The zero-order valence-electron chi connectivity index (χ0n) is 14.7. The van der Waals surface area contributed by atoms with E-state index in [1.54, 1.807) is 0 Å². The van der Waals surface area contributed by atoms with E-state index in [1.165, 1.54) is 16.7 Å². The summed E-state index contributed by atoms with van der Waals surface area (Å²) in [6, 6.07) is 15.1. The van der Waals surface area contributed by atoms with Gasteiger partial charge in [-0.1, -0.05) is 30.3 Å². The number of aryl methyl sites for hydroxylation is 1. The molecule has 2 aliphatic rings. The molecule has 0 amide bonds.